The molecule has 3 rings (SSSR count). The van der Waals surface area contributed by atoms with Crippen LogP contribution in [-0.2, 0) is 4.79 Å². The van der Waals surface area contributed by atoms with Crippen molar-refractivity contribution in [2.45, 2.75) is 6.92 Å². The Kier molecular flexibility index (Phi) is 7.02. The maximum atomic E-state index is 11.8. The van der Waals surface area contributed by atoms with Crippen LogP contribution < -0.4 is 24.7 Å². The van der Waals surface area contributed by atoms with Gasteiger partial charge in [-0.05, 0) is 54.6 Å². The number of thioether (sulfide) groups is 1. The summed E-state index contributed by atoms with van der Waals surface area (Å²) in [5.74, 6) is 2.30. The summed E-state index contributed by atoms with van der Waals surface area (Å²) in [5.41, 5.74) is 6.39. The van der Waals surface area contributed by atoms with Crippen molar-refractivity contribution in [1.29, 1.82) is 0 Å². The Hall–Kier alpha value is -3.13. The first-order valence-electron chi connectivity index (χ1n) is 9.03. The van der Waals surface area contributed by atoms with Gasteiger partial charge in [-0.25, -0.2) is 0 Å². The van der Waals surface area contributed by atoms with Gasteiger partial charge in [0.15, 0.2) is 16.7 Å². The number of ether oxygens (including phenoxy) is 4. The molecule has 0 spiro atoms. The summed E-state index contributed by atoms with van der Waals surface area (Å²) in [6.45, 7) is 3.09. The summed E-state index contributed by atoms with van der Waals surface area (Å²) in [4.78, 5) is 15.9. The predicted octanol–water partition coefficient (Wildman–Crippen LogP) is 3.48. The third-order valence-electron chi connectivity index (χ3n) is 3.85. The maximum absolute atomic E-state index is 11.8. The molecular formula is C21H22N2O5S. The third kappa shape index (κ3) is 5.68. The molecule has 8 heteroatoms. The minimum atomic E-state index is -0.333. The smallest absolute Gasteiger partial charge is 0.286 e. The first-order valence-corrected chi connectivity index (χ1v) is 9.85. The second-order valence-electron chi connectivity index (χ2n) is 5.88. The fourth-order valence-corrected chi connectivity index (χ4v) is 3.26. The van der Waals surface area contributed by atoms with Gasteiger partial charge in [-0.3, -0.25) is 4.79 Å². The van der Waals surface area contributed by atoms with Gasteiger partial charge in [0.1, 0.15) is 24.7 Å². The minimum Gasteiger partial charge on any atom is -0.497 e. The predicted molar refractivity (Wildman–Crippen MR) is 114 cm³/mol. The Balaban J connectivity index is 1.61. The van der Waals surface area contributed by atoms with Crippen LogP contribution in [0.4, 0.5) is 0 Å². The van der Waals surface area contributed by atoms with Gasteiger partial charge in [0.2, 0.25) is 0 Å². The largest absolute Gasteiger partial charge is 0.497 e. The van der Waals surface area contributed by atoms with Gasteiger partial charge in [-0.2, -0.15) is 4.99 Å². The van der Waals surface area contributed by atoms with Crippen molar-refractivity contribution in [1.82, 2.24) is 0 Å². The summed E-state index contributed by atoms with van der Waals surface area (Å²) in [6.07, 6.45) is 1.73. The fraction of sp³-hybridized carbons (Fsp3) is 0.238. The number of nitrogens with two attached hydrogens (primary N) is 1. The van der Waals surface area contributed by atoms with E-state index >= 15 is 0 Å². The monoisotopic (exact) mass is 414 g/mol. The van der Waals surface area contributed by atoms with Crippen LogP contribution in [-0.4, -0.2) is 38.0 Å². The molecule has 0 aliphatic carbocycles. The molecule has 1 heterocycles. The second kappa shape index (κ2) is 9.88. The lowest BCUT2D eigenvalue weighted by molar-refractivity contribution is -0.113. The average Bonchev–Trinajstić information content (AvgIpc) is 3.03. The molecule has 0 atom stereocenters. The average molecular weight is 414 g/mol. The number of amidine groups is 1. The molecule has 0 fully saturated rings. The van der Waals surface area contributed by atoms with Gasteiger partial charge >= 0.3 is 0 Å². The van der Waals surface area contributed by atoms with Crippen molar-refractivity contribution in [2.75, 3.05) is 26.9 Å². The molecule has 2 aromatic carbocycles. The van der Waals surface area contributed by atoms with Gasteiger partial charge in [-0.15, -0.1) is 0 Å². The lowest BCUT2D eigenvalue weighted by atomic mass is 10.2. The van der Waals surface area contributed by atoms with Gasteiger partial charge in [0.05, 0.1) is 18.6 Å². The van der Waals surface area contributed by atoms with E-state index in [1.54, 1.807) is 19.3 Å². The quantitative estimate of drug-likeness (QED) is 0.496. The molecule has 2 N–H and O–H groups in total. The summed E-state index contributed by atoms with van der Waals surface area (Å²) in [5, 5.41) is 0.252. The number of hydrogen-bond donors (Lipinski definition) is 1. The normalized spacial score (nSPS) is 14.6. The zero-order valence-electron chi connectivity index (χ0n) is 16.2. The molecule has 1 aliphatic rings. The van der Waals surface area contributed by atoms with Crippen LogP contribution >= 0.6 is 11.8 Å². The van der Waals surface area contributed by atoms with Crippen LogP contribution in [0.15, 0.2) is 52.4 Å². The maximum Gasteiger partial charge on any atom is 0.286 e. The number of methoxy groups -OCH3 is 1. The van der Waals surface area contributed by atoms with E-state index < -0.39 is 0 Å². The Morgan fingerprint density at radius 3 is 2.55 bits per heavy atom. The number of rotatable bonds is 9. The third-order valence-corrected chi connectivity index (χ3v) is 4.67. The number of aliphatic imine (C=N–C) groups is 1. The number of hydrogen-bond acceptors (Lipinski definition) is 7. The molecule has 0 unspecified atom stereocenters. The zero-order valence-corrected chi connectivity index (χ0v) is 17.0. The lowest BCUT2D eigenvalue weighted by Crippen LogP contribution is -2.10. The highest BCUT2D eigenvalue weighted by Crippen LogP contribution is 2.32. The molecule has 0 bridgehead atoms. The number of nitrogens with zero attached hydrogens (tertiary/aromatic N) is 1. The van der Waals surface area contributed by atoms with Crippen LogP contribution in [0, 0.1) is 0 Å². The summed E-state index contributed by atoms with van der Waals surface area (Å²) in [6, 6.07) is 12.8. The van der Waals surface area contributed by atoms with Gasteiger partial charge < -0.3 is 24.7 Å². The van der Waals surface area contributed by atoms with Crippen molar-refractivity contribution in [3.8, 4) is 23.0 Å². The van der Waals surface area contributed by atoms with E-state index in [4.69, 9.17) is 24.7 Å². The van der Waals surface area contributed by atoms with E-state index in [0.29, 0.717) is 42.0 Å². The van der Waals surface area contributed by atoms with Crippen LogP contribution in [0.5, 0.6) is 23.0 Å². The number of carbonyl (C=O) groups excluding carboxylic acids is 1. The molecule has 152 valence electrons. The highest BCUT2D eigenvalue weighted by Gasteiger charge is 2.19. The van der Waals surface area contributed by atoms with Crippen LogP contribution in [0.1, 0.15) is 12.5 Å². The van der Waals surface area contributed by atoms with E-state index in [-0.39, 0.29) is 11.1 Å². The molecule has 1 aliphatic heterocycles. The number of benzene rings is 2. The molecule has 0 aromatic heterocycles. The van der Waals surface area contributed by atoms with E-state index in [9.17, 15) is 4.79 Å². The van der Waals surface area contributed by atoms with Crippen LogP contribution in [0.25, 0.3) is 6.08 Å². The van der Waals surface area contributed by atoms with Crippen molar-refractivity contribution in [3.05, 3.63) is 52.9 Å². The summed E-state index contributed by atoms with van der Waals surface area (Å²) < 4.78 is 22.4. The lowest BCUT2D eigenvalue weighted by Gasteiger charge is -2.13. The molecule has 7 nitrogen and oxygen atoms in total. The van der Waals surface area contributed by atoms with Crippen molar-refractivity contribution in [2.24, 2.45) is 10.7 Å². The van der Waals surface area contributed by atoms with Gasteiger partial charge in [0, 0.05) is 6.07 Å². The Morgan fingerprint density at radius 2 is 1.83 bits per heavy atom. The molecule has 0 saturated carbocycles. The molecule has 29 heavy (non-hydrogen) atoms. The first-order chi connectivity index (χ1) is 14.1. The number of carbonyl (C=O) groups is 1. The fourth-order valence-electron chi connectivity index (χ4n) is 2.58. The van der Waals surface area contributed by atoms with Crippen LogP contribution in [0.2, 0.25) is 0 Å². The van der Waals surface area contributed by atoms with Gasteiger partial charge in [-0.1, -0.05) is 12.1 Å². The Morgan fingerprint density at radius 1 is 1.03 bits per heavy atom. The molecule has 0 radical (unpaired) electrons. The standard InChI is InChI=1S/C21H22N2O5S/c1-3-26-18-11-14(12-19-20(24)23-21(22)29-19)7-8-17(18)28-10-9-27-16-6-4-5-15(13-16)25-2/h4-8,11-13H,3,9-10H2,1-2H3,(H2,22,23,24). The van der Waals surface area contributed by atoms with Crippen molar-refractivity contribution < 1.29 is 23.7 Å². The Labute approximate surface area is 173 Å². The first kappa shape index (κ1) is 20.6. The number of amides is 1. The topological polar surface area (TPSA) is 92.4 Å². The SMILES string of the molecule is CCOc1cc(C=C2SC(N)=NC2=O)ccc1OCCOc1cccc(OC)c1. The summed E-state index contributed by atoms with van der Waals surface area (Å²) in [7, 11) is 1.61. The molecule has 1 amide bonds. The van der Waals surface area contributed by atoms with Crippen LogP contribution in [0.3, 0.4) is 0 Å². The van der Waals surface area contributed by atoms with Crippen molar-refractivity contribution >= 4 is 28.9 Å². The van der Waals surface area contributed by atoms with Gasteiger partial charge in [0.25, 0.3) is 5.91 Å². The molecule has 0 saturated heterocycles. The Bertz CT molecular complexity index is 942. The minimum absolute atomic E-state index is 0.252. The second-order valence-corrected chi connectivity index (χ2v) is 6.94. The zero-order chi connectivity index (χ0) is 20.6. The van der Waals surface area contributed by atoms with E-state index in [0.717, 1.165) is 23.1 Å². The highest BCUT2D eigenvalue weighted by molar-refractivity contribution is 8.18. The highest BCUT2D eigenvalue weighted by atomic mass is 32.2. The van der Waals surface area contributed by atoms with E-state index in [1.165, 1.54) is 0 Å². The van der Waals surface area contributed by atoms with E-state index in [2.05, 4.69) is 4.99 Å². The molecule has 2 aromatic rings. The summed E-state index contributed by atoms with van der Waals surface area (Å²) >= 11 is 1.15. The van der Waals surface area contributed by atoms with Crippen molar-refractivity contribution in [3.63, 3.8) is 0 Å². The van der Waals surface area contributed by atoms with E-state index in [1.807, 2.05) is 43.3 Å². The molecular weight excluding hydrogens is 392 g/mol.